The number of alkyl halides is 2. The maximum atomic E-state index is 5.98. The first-order valence-electron chi connectivity index (χ1n) is 5.51. The Morgan fingerprint density at radius 1 is 0.824 bits per heavy atom. The van der Waals surface area contributed by atoms with Crippen LogP contribution in [0.15, 0.2) is 48.5 Å². The van der Waals surface area contributed by atoms with Gasteiger partial charge in [0.2, 0.25) is 0 Å². The van der Waals surface area contributed by atoms with E-state index in [1.54, 1.807) is 0 Å². The third-order valence-corrected chi connectivity index (χ3v) is 5.15. The van der Waals surface area contributed by atoms with Crippen molar-refractivity contribution in [3.63, 3.8) is 0 Å². The second kappa shape index (κ2) is 4.37. The summed E-state index contributed by atoms with van der Waals surface area (Å²) < 4.78 is 2.06. The fourth-order valence-corrected chi connectivity index (χ4v) is 4.39. The Bertz CT molecular complexity index is 622. The van der Waals surface area contributed by atoms with Gasteiger partial charge in [-0.25, -0.2) is 0 Å². The van der Waals surface area contributed by atoms with Gasteiger partial charge in [-0.2, -0.15) is 0 Å². The molecule has 17 heavy (non-hydrogen) atoms. The molecule has 0 unspecified atom stereocenters. The molecule has 1 heterocycles. The van der Waals surface area contributed by atoms with E-state index in [0.29, 0.717) is 0 Å². The molecule has 0 aliphatic heterocycles. The molecule has 0 spiro atoms. The van der Waals surface area contributed by atoms with Gasteiger partial charge in [0.05, 0.1) is 0 Å². The van der Waals surface area contributed by atoms with Gasteiger partial charge in [-0.05, 0) is 12.1 Å². The summed E-state index contributed by atoms with van der Waals surface area (Å²) >= 11 is 12.0. The molecule has 0 fully saturated rings. The Hall–Kier alpha value is -0.963. The second-order valence-electron chi connectivity index (χ2n) is 4.04. The Kier molecular flexibility index (Phi) is 2.87. The smallest absolute Gasteiger partial charge is 0.165 e. The van der Waals surface area contributed by atoms with Gasteiger partial charge in [0.25, 0.3) is 0 Å². The molecule has 1 aromatic heterocycles. The van der Waals surface area contributed by atoms with E-state index < -0.39 is 9.68 Å². The molecule has 0 N–H and O–H groups in total. The molecule has 0 saturated carbocycles. The van der Waals surface area contributed by atoms with Gasteiger partial charge in [0, 0.05) is 21.8 Å². The molecule has 0 atom stereocenters. The predicted molar refractivity (Wildman–Crippen MR) is 78.9 cm³/mol. The van der Waals surface area contributed by atoms with Crippen molar-refractivity contribution in [2.75, 3.05) is 0 Å². The van der Waals surface area contributed by atoms with Gasteiger partial charge in [-0.15, -0.1) is 23.2 Å². The number of hydrogen-bond acceptors (Lipinski definition) is 0. The number of rotatable bonds is 2. The Labute approximate surface area is 112 Å². The first-order chi connectivity index (χ1) is 8.27. The van der Waals surface area contributed by atoms with Crippen LogP contribution in [0.25, 0.3) is 21.8 Å². The van der Waals surface area contributed by atoms with E-state index >= 15 is 0 Å². The lowest BCUT2D eigenvalue weighted by atomic mass is 10.2. The molecule has 3 rings (SSSR count). The zero-order chi connectivity index (χ0) is 11.8. The first-order valence-corrected chi connectivity index (χ1v) is 7.83. The number of nitrogens with zero attached hydrogens (tertiary/aromatic N) is 1. The van der Waals surface area contributed by atoms with E-state index in [4.69, 9.17) is 23.2 Å². The molecule has 0 aliphatic carbocycles. The van der Waals surface area contributed by atoms with E-state index in [2.05, 4.69) is 52.8 Å². The zero-order valence-corrected chi connectivity index (χ0v) is 12.0. The van der Waals surface area contributed by atoms with Crippen molar-refractivity contribution in [2.24, 2.45) is 0 Å². The highest BCUT2D eigenvalue weighted by molar-refractivity contribution is 6.68. The van der Waals surface area contributed by atoms with E-state index in [1.807, 2.05) is 0 Å². The number of para-hydroxylation sites is 2. The van der Waals surface area contributed by atoms with E-state index in [9.17, 15) is 0 Å². The van der Waals surface area contributed by atoms with Crippen LogP contribution in [0, 0.1) is 0 Å². The lowest BCUT2D eigenvalue weighted by Gasteiger charge is -2.06. The molecule has 0 aliphatic rings. The second-order valence-corrected chi connectivity index (χ2v) is 8.16. The van der Waals surface area contributed by atoms with E-state index in [0.717, 1.165) is 0 Å². The fraction of sp³-hybridized carbons (Fsp3) is 0.0769. The number of halogens is 2. The minimum absolute atomic E-state index is 0.255. The van der Waals surface area contributed by atoms with Crippen molar-refractivity contribution in [3.05, 3.63) is 48.5 Å². The van der Waals surface area contributed by atoms with Crippen LogP contribution >= 0.6 is 23.2 Å². The number of fused-ring (bicyclic) bond motifs is 3. The van der Waals surface area contributed by atoms with Crippen molar-refractivity contribution >= 4 is 54.7 Å². The highest BCUT2D eigenvalue weighted by atomic mass is 35.5. The predicted octanol–water partition coefficient (Wildman–Crippen LogP) is 3.49. The summed E-state index contributed by atoms with van der Waals surface area (Å²) in [7, 11) is -0.731. The third kappa shape index (κ3) is 1.86. The molecular formula is C13H11Cl2NSi. The molecule has 0 bridgehead atoms. The lowest BCUT2D eigenvalue weighted by Crippen LogP contribution is -2.13. The Morgan fingerprint density at radius 3 is 1.76 bits per heavy atom. The molecule has 3 aromatic rings. The van der Waals surface area contributed by atoms with Crippen LogP contribution in [-0.4, -0.2) is 18.4 Å². The lowest BCUT2D eigenvalue weighted by molar-refractivity contribution is 1.34. The van der Waals surface area contributed by atoms with Crippen LogP contribution in [0.5, 0.6) is 0 Å². The molecule has 0 radical (unpaired) electrons. The van der Waals surface area contributed by atoms with Gasteiger partial charge < -0.3 is 4.23 Å². The summed E-state index contributed by atoms with van der Waals surface area (Å²) in [5, 5.41) is 2.56. The van der Waals surface area contributed by atoms with Crippen molar-refractivity contribution in [2.45, 2.75) is 4.46 Å². The van der Waals surface area contributed by atoms with Crippen LogP contribution in [0.2, 0.25) is 0 Å². The number of benzene rings is 2. The molecule has 2 aromatic carbocycles. The van der Waals surface area contributed by atoms with Gasteiger partial charge in [-0.1, -0.05) is 36.4 Å². The largest absolute Gasteiger partial charge is 0.371 e. The Morgan fingerprint density at radius 2 is 1.29 bits per heavy atom. The molecule has 0 amide bonds. The molecule has 0 saturated heterocycles. The average Bonchev–Trinajstić information content (AvgIpc) is 2.65. The van der Waals surface area contributed by atoms with Crippen molar-refractivity contribution in [1.82, 2.24) is 4.23 Å². The molecular weight excluding hydrogens is 269 g/mol. The van der Waals surface area contributed by atoms with Gasteiger partial charge in [0.1, 0.15) is 4.46 Å². The van der Waals surface area contributed by atoms with E-state index in [-0.39, 0.29) is 4.46 Å². The van der Waals surface area contributed by atoms with E-state index in [1.165, 1.54) is 21.8 Å². The van der Waals surface area contributed by atoms with Gasteiger partial charge in [0.15, 0.2) is 9.68 Å². The van der Waals surface area contributed by atoms with Crippen molar-refractivity contribution < 1.29 is 0 Å². The van der Waals surface area contributed by atoms with Crippen molar-refractivity contribution in [1.29, 1.82) is 0 Å². The molecule has 1 nitrogen and oxygen atoms in total. The summed E-state index contributed by atoms with van der Waals surface area (Å²) in [6.45, 7) is 0. The topological polar surface area (TPSA) is 4.93 Å². The number of aromatic nitrogens is 1. The minimum atomic E-state index is -0.731. The van der Waals surface area contributed by atoms with Crippen LogP contribution < -0.4 is 0 Å². The van der Waals surface area contributed by atoms with Crippen LogP contribution in [0.3, 0.4) is 0 Å². The summed E-state index contributed by atoms with van der Waals surface area (Å²) in [4.78, 5) is 0. The summed E-state index contributed by atoms with van der Waals surface area (Å²) in [6.07, 6.45) is 0. The monoisotopic (exact) mass is 279 g/mol. The van der Waals surface area contributed by atoms with Gasteiger partial charge >= 0.3 is 0 Å². The highest BCUT2D eigenvalue weighted by Gasteiger charge is 2.11. The third-order valence-electron chi connectivity index (χ3n) is 3.00. The van der Waals surface area contributed by atoms with Crippen LogP contribution in [-0.2, 0) is 0 Å². The minimum Gasteiger partial charge on any atom is -0.371 e. The quantitative estimate of drug-likeness (QED) is 0.500. The van der Waals surface area contributed by atoms with Gasteiger partial charge in [-0.3, -0.25) is 0 Å². The standard InChI is InChI=1S/C13H11Cl2NSi/c14-13(15)17-16-11-7-3-1-5-9(11)10-6-2-4-8-12(10)16/h1-8,13H,17H2. The first kappa shape index (κ1) is 11.1. The van der Waals surface area contributed by atoms with Crippen LogP contribution in [0.4, 0.5) is 0 Å². The highest BCUT2D eigenvalue weighted by Crippen LogP contribution is 2.28. The summed E-state index contributed by atoms with van der Waals surface area (Å²) in [6, 6.07) is 16.8. The Balaban J connectivity index is 2.41. The maximum Gasteiger partial charge on any atom is 0.165 e. The summed E-state index contributed by atoms with van der Waals surface area (Å²) in [5.41, 5.74) is 2.48. The SMILES string of the molecule is ClC(Cl)[SiH2]n1c2ccccc2c2ccccc21. The molecule has 86 valence electrons. The number of hydrogen-bond donors (Lipinski definition) is 0. The zero-order valence-electron chi connectivity index (χ0n) is 9.11. The normalized spacial score (nSPS) is 12.4. The van der Waals surface area contributed by atoms with Crippen LogP contribution in [0.1, 0.15) is 0 Å². The van der Waals surface area contributed by atoms with Crippen molar-refractivity contribution in [3.8, 4) is 0 Å². The maximum absolute atomic E-state index is 5.98. The molecule has 4 heteroatoms. The fourth-order valence-electron chi connectivity index (χ4n) is 2.34. The average molecular weight is 280 g/mol. The summed E-state index contributed by atoms with van der Waals surface area (Å²) in [5.74, 6) is 0.